The first-order chi connectivity index (χ1) is 14.7. The minimum Gasteiger partial charge on any atom is -0.493 e. The van der Waals surface area contributed by atoms with Gasteiger partial charge in [-0.25, -0.2) is 0 Å². The molecule has 2 aliphatic carbocycles. The standard InChI is InChI=1S/C24H34N2O5/c1-5-20(28)26-22-23(2,3)15-11-16-21(30-9-8-24(16,22)12-15)14-6-7-17(18(10-14)29-4)31-13-19(25)27/h6-7,10,15-16,21-22H,5,8-9,11-13H2,1-4H3,(H2,25,27)(H,26,28)/t15-,16-,21-,22-,24?/m1/s1. The molecule has 1 aromatic rings. The van der Waals surface area contributed by atoms with E-state index in [1.807, 2.05) is 25.1 Å². The molecule has 4 rings (SSSR count). The van der Waals surface area contributed by atoms with Crippen molar-refractivity contribution in [2.24, 2.45) is 28.4 Å². The Morgan fingerprint density at radius 1 is 1.29 bits per heavy atom. The highest BCUT2D eigenvalue weighted by molar-refractivity contribution is 5.76. The van der Waals surface area contributed by atoms with Crippen LogP contribution in [0.4, 0.5) is 0 Å². The maximum Gasteiger partial charge on any atom is 0.255 e. The summed E-state index contributed by atoms with van der Waals surface area (Å²) in [6.07, 6.45) is 3.64. The van der Waals surface area contributed by atoms with E-state index in [1.54, 1.807) is 7.11 Å². The van der Waals surface area contributed by atoms with Crippen molar-refractivity contribution in [2.45, 2.75) is 58.6 Å². The summed E-state index contributed by atoms with van der Waals surface area (Å²) in [6.45, 7) is 7.00. The monoisotopic (exact) mass is 430 g/mol. The first-order valence-corrected chi connectivity index (χ1v) is 11.2. The van der Waals surface area contributed by atoms with Crippen LogP contribution in [0.25, 0.3) is 0 Å². The van der Waals surface area contributed by atoms with Crippen LogP contribution >= 0.6 is 0 Å². The number of carbonyl (C=O) groups is 2. The Hall–Kier alpha value is -2.28. The molecule has 3 aliphatic rings. The number of rotatable bonds is 7. The summed E-state index contributed by atoms with van der Waals surface area (Å²) in [5, 5.41) is 3.39. The molecule has 1 aliphatic heterocycles. The van der Waals surface area contributed by atoms with Gasteiger partial charge in [0.2, 0.25) is 5.91 Å². The lowest BCUT2D eigenvalue weighted by Crippen LogP contribution is -2.58. The second-order valence-electron chi connectivity index (χ2n) is 9.86. The minimum atomic E-state index is -0.534. The smallest absolute Gasteiger partial charge is 0.255 e. The SMILES string of the molecule is CCC(=O)N[C@@H]1C(C)(C)[C@@H]2C[C@@H]3[C@@H](c4ccc(OCC(N)=O)c(OC)c4)OCCC31C2. The molecule has 2 saturated carbocycles. The number of ether oxygens (including phenoxy) is 3. The van der Waals surface area contributed by atoms with E-state index in [0.717, 1.165) is 24.8 Å². The average molecular weight is 431 g/mol. The van der Waals surface area contributed by atoms with Gasteiger partial charge in [0.25, 0.3) is 5.91 Å². The van der Waals surface area contributed by atoms with Gasteiger partial charge in [0.05, 0.1) is 13.2 Å². The summed E-state index contributed by atoms with van der Waals surface area (Å²) in [5.41, 5.74) is 6.36. The summed E-state index contributed by atoms with van der Waals surface area (Å²) >= 11 is 0. The molecule has 0 radical (unpaired) electrons. The predicted octanol–water partition coefficient (Wildman–Crippen LogP) is 2.97. The fourth-order valence-electron chi connectivity index (χ4n) is 6.51. The molecule has 1 heterocycles. The van der Waals surface area contributed by atoms with Gasteiger partial charge in [0, 0.05) is 19.1 Å². The highest BCUT2D eigenvalue weighted by Crippen LogP contribution is 2.70. The Kier molecular flexibility index (Phi) is 5.66. The Morgan fingerprint density at radius 2 is 2.06 bits per heavy atom. The molecule has 5 atom stereocenters. The van der Waals surface area contributed by atoms with Crippen LogP contribution in [0.15, 0.2) is 18.2 Å². The van der Waals surface area contributed by atoms with Crippen molar-refractivity contribution in [3.8, 4) is 11.5 Å². The summed E-state index contributed by atoms with van der Waals surface area (Å²) in [7, 11) is 1.58. The molecule has 1 unspecified atom stereocenters. The molecule has 31 heavy (non-hydrogen) atoms. The second kappa shape index (κ2) is 8.01. The molecule has 1 aromatic carbocycles. The van der Waals surface area contributed by atoms with Gasteiger partial charge >= 0.3 is 0 Å². The Morgan fingerprint density at radius 3 is 2.74 bits per heavy atom. The van der Waals surface area contributed by atoms with Crippen LogP contribution in [0, 0.1) is 22.7 Å². The van der Waals surface area contributed by atoms with Crippen LogP contribution in [0.1, 0.15) is 58.1 Å². The Labute approximate surface area is 184 Å². The number of fused-ring (bicyclic) bond motifs is 1. The number of carbonyl (C=O) groups excluding carboxylic acids is 2. The van der Waals surface area contributed by atoms with Crippen LogP contribution in [0.5, 0.6) is 11.5 Å². The van der Waals surface area contributed by atoms with Crippen molar-refractivity contribution < 1.29 is 23.8 Å². The van der Waals surface area contributed by atoms with Crippen molar-refractivity contribution in [2.75, 3.05) is 20.3 Å². The highest BCUT2D eigenvalue weighted by Gasteiger charge is 2.68. The minimum absolute atomic E-state index is 0.0519. The van der Waals surface area contributed by atoms with Crippen molar-refractivity contribution in [1.29, 1.82) is 0 Å². The Bertz CT molecular complexity index is 870. The van der Waals surface area contributed by atoms with E-state index >= 15 is 0 Å². The van der Waals surface area contributed by atoms with Crippen molar-refractivity contribution >= 4 is 11.8 Å². The van der Waals surface area contributed by atoms with Crippen molar-refractivity contribution in [3.05, 3.63) is 23.8 Å². The molecule has 7 nitrogen and oxygen atoms in total. The van der Waals surface area contributed by atoms with Gasteiger partial charge in [0.15, 0.2) is 18.1 Å². The fourth-order valence-corrected chi connectivity index (χ4v) is 6.51. The second-order valence-corrected chi connectivity index (χ2v) is 9.86. The molecule has 170 valence electrons. The third-order valence-electron chi connectivity index (χ3n) is 8.02. The van der Waals surface area contributed by atoms with E-state index in [4.69, 9.17) is 19.9 Å². The third-order valence-corrected chi connectivity index (χ3v) is 8.02. The Balaban J connectivity index is 1.63. The molecule has 1 spiro atoms. The zero-order valence-electron chi connectivity index (χ0n) is 18.9. The van der Waals surface area contributed by atoms with E-state index < -0.39 is 5.91 Å². The fraction of sp³-hybridized carbons (Fsp3) is 0.667. The number of primary amides is 1. The first kappa shape index (κ1) is 21.9. The lowest BCUT2D eigenvalue weighted by Gasteiger charge is -2.53. The number of hydrogen-bond donors (Lipinski definition) is 2. The molecule has 3 N–H and O–H groups in total. The molecular weight excluding hydrogens is 396 g/mol. The largest absolute Gasteiger partial charge is 0.493 e. The summed E-state index contributed by atoms with van der Waals surface area (Å²) in [4.78, 5) is 23.5. The van der Waals surface area contributed by atoms with Crippen LogP contribution in [-0.2, 0) is 14.3 Å². The molecule has 3 fully saturated rings. The molecule has 2 amide bonds. The summed E-state index contributed by atoms with van der Waals surface area (Å²) < 4.78 is 17.3. The maximum absolute atomic E-state index is 12.4. The quantitative estimate of drug-likeness (QED) is 0.693. The van der Waals surface area contributed by atoms with Gasteiger partial charge in [-0.15, -0.1) is 0 Å². The molecule has 2 bridgehead atoms. The average Bonchev–Trinajstić information content (AvgIpc) is 3.24. The first-order valence-electron chi connectivity index (χ1n) is 11.2. The van der Waals surface area contributed by atoms with E-state index in [0.29, 0.717) is 36.4 Å². The third kappa shape index (κ3) is 3.56. The number of hydrogen-bond acceptors (Lipinski definition) is 5. The molecule has 1 saturated heterocycles. The van der Waals surface area contributed by atoms with E-state index in [9.17, 15) is 9.59 Å². The van der Waals surface area contributed by atoms with Gasteiger partial charge in [-0.3, -0.25) is 9.59 Å². The predicted molar refractivity (Wildman–Crippen MR) is 116 cm³/mol. The summed E-state index contributed by atoms with van der Waals surface area (Å²) in [5.74, 6) is 1.53. The summed E-state index contributed by atoms with van der Waals surface area (Å²) in [6, 6.07) is 5.90. The van der Waals surface area contributed by atoms with Gasteiger partial charge in [-0.2, -0.15) is 0 Å². The zero-order valence-corrected chi connectivity index (χ0v) is 18.9. The zero-order chi connectivity index (χ0) is 22.4. The number of amides is 2. The number of methoxy groups -OCH3 is 1. The number of benzene rings is 1. The van der Waals surface area contributed by atoms with Crippen LogP contribution in [0.3, 0.4) is 0 Å². The lowest BCUT2D eigenvalue weighted by atomic mass is 9.59. The normalized spacial score (nSPS) is 32.9. The number of nitrogens with one attached hydrogen (secondary N) is 1. The molecule has 7 heteroatoms. The van der Waals surface area contributed by atoms with Gasteiger partial charge in [-0.1, -0.05) is 26.8 Å². The van der Waals surface area contributed by atoms with Gasteiger partial charge in [0.1, 0.15) is 0 Å². The molecule has 0 aromatic heterocycles. The van der Waals surface area contributed by atoms with Crippen molar-refractivity contribution in [1.82, 2.24) is 5.32 Å². The topological polar surface area (TPSA) is 99.9 Å². The maximum atomic E-state index is 12.4. The van der Waals surface area contributed by atoms with Gasteiger partial charge < -0.3 is 25.3 Å². The van der Waals surface area contributed by atoms with E-state index in [1.165, 1.54) is 0 Å². The van der Waals surface area contributed by atoms with Gasteiger partial charge in [-0.05, 0) is 59.6 Å². The van der Waals surface area contributed by atoms with Crippen LogP contribution < -0.4 is 20.5 Å². The highest BCUT2D eigenvalue weighted by atomic mass is 16.5. The van der Waals surface area contributed by atoms with E-state index in [2.05, 4.69) is 19.2 Å². The molecular formula is C24H34N2O5. The van der Waals surface area contributed by atoms with Crippen LogP contribution in [0.2, 0.25) is 0 Å². The van der Waals surface area contributed by atoms with Crippen LogP contribution in [-0.4, -0.2) is 38.2 Å². The van der Waals surface area contributed by atoms with E-state index in [-0.39, 0.29) is 35.5 Å². The van der Waals surface area contributed by atoms with Crippen molar-refractivity contribution in [3.63, 3.8) is 0 Å². The number of nitrogens with two attached hydrogens (primary N) is 1. The lowest BCUT2D eigenvalue weighted by molar-refractivity contribution is -0.137.